The largest absolute Gasteiger partial charge is 0.368 e. The molecule has 0 aliphatic carbocycles. The van der Waals surface area contributed by atoms with Gasteiger partial charge in [0.15, 0.2) is 5.79 Å². The van der Waals surface area contributed by atoms with Gasteiger partial charge in [-0.25, -0.2) is 0 Å². The maximum Gasteiger partial charge on any atom is 0.163 e. The maximum atomic E-state index is 5.89. The van der Waals surface area contributed by atoms with Crippen molar-refractivity contribution < 1.29 is 14.2 Å². The average Bonchev–Trinajstić information content (AvgIpc) is 2.59. The molecule has 0 radical (unpaired) electrons. The molecule has 2 aliphatic rings. The van der Waals surface area contributed by atoms with Gasteiger partial charge < -0.3 is 14.2 Å². The van der Waals surface area contributed by atoms with Crippen LogP contribution in [0.2, 0.25) is 0 Å². The van der Waals surface area contributed by atoms with E-state index in [9.17, 15) is 0 Å². The van der Waals surface area contributed by atoms with Gasteiger partial charge in [-0.05, 0) is 33.1 Å². The van der Waals surface area contributed by atoms with Crippen molar-refractivity contribution in [3.05, 3.63) is 12.7 Å². The molecule has 2 saturated heterocycles. The lowest BCUT2D eigenvalue weighted by Crippen LogP contribution is -2.38. The topological polar surface area (TPSA) is 27.7 Å². The van der Waals surface area contributed by atoms with Crippen LogP contribution in [0.25, 0.3) is 0 Å². The van der Waals surface area contributed by atoms with E-state index in [2.05, 4.69) is 6.58 Å². The molecule has 0 aromatic carbocycles. The van der Waals surface area contributed by atoms with Crippen LogP contribution < -0.4 is 0 Å². The van der Waals surface area contributed by atoms with Gasteiger partial charge in [-0.1, -0.05) is 6.08 Å². The number of hydrogen-bond acceptors (Lipinski definition) is 3. The Hall–Kier alpha value is -0.380. The summed E-state index contributed by atoms with van der Waals surface area (Å²) in [5, 5.41) is 0. The predicted octanol–water partition coefficient (Wildman–Crippen LogP) is 2.26. The number of ether oxygens (including phenoxy) is 3. The van der Waals surface area contributed by atoms with Crippen LogP contribution in [0.15, 0.2) is 12.7 Å². The molecule has 2 fully saturated rings. The van der Waals surface area contributed by atoms with E-state index in [1.54, 1.807) is 0 Å². The quantitative estimate of drug-likeness (QED) is 0.657. The highest BCUT2D eigenvalue weighted by molar-refractivity contribution is 4.88. The Kier molecular flexibility index (Phi) is 3.14. The molecule has 0 spiro atoms. The molecule has 0 amide bonds. The van der Waals surface area contributed by atoms with Crippen LogP contribution in [0.5, 0.6) is 0 Å². The van der Waals surface area contributed by atoms with Crippen molar-refractivity contribution in [3.63, 3.8) is 0 Å². The van der Waals surface area contributed by atoms with Gasteiger partial charge in [0.25, 0.3) is 0 Å². The van der Waals surface area contributed by atoms with Crippen molar-refractivity contribution in [2.24, 2.45) is 0 Å². The summed E-state index contributed by atoms with van der Waals surface area (Å²) in [6.45, 7) is 8.31. The Morgan fingerprint density at radius 2 is 2.07 bits per heavy atom. The summed E-state index contributed by atoms with van der Waals surface area (Å²) in [4.78, 5) is 0. The molecule has 0 unspecified atom stereocenters. The van der Waals surface area contributed by atoms with Gasteiger partial charge in [-0.3, -0.25) is 0 Å². The Morgan fingerprint density at radius 1 is 1.27 bits per heavy atom. The summed E-state index contributed by atoms with van der Waals surface area (Å²) in [5.74, 6) is -0.449. The summed E-state index contributed by atoms with van der Waals surface area (Å²) in [7, 11) is 0. The first-order valence-corrected chi connectivity index (χ1v) is 5.70. The third-order valence-corrected chi connectivity index (χ3v) is 3.03. The Morgan fingerprint density at radius 3 is 2.67 bits per heavy atom. The molecule has 2 heterocycles. The Labute approximate surface area is 91.4 Å². The first kappa shape index (κ1) is 11.1. The second-order valence-electron chi connectivity index (χ2n) is 4.75. The smallest absolute Gasteiger partial charge is 0.163 e. The predicted molar refractivity (Wildman–Crippen MR) is 57.6 cm³/mol. The molecule has 0 N–H and O–H groups in total. The molecule has 3 nitrogen and oxygen atoms in total. The monoisotopic (exact) mass is 212 g/mol. The normalized spacial score (nSPS) is 40.3. The Balaban J connectivity index is 1.91. The van der Waals surface area contributed by atoms with E-state index in [0.717, 1.165) is 12.8 Å². The lowest BCUT2D eigenvalue weighted by molar-refractivity contribution is -0.165. The van der Waals surface area contributed by atoms with Crippen molar-refractivity contribution in [1.29, 1.82) is 0 Å². The van der Waals surface area contributed by atoms with Crippen LogP contribution >= 0.6 is 0 Å². The minimum atomic E-state index is -0.449. The molecule has 0 bridgehead atoms. The Bertz CT molecular complexity index is 237. The van der Waals surface area contributed by atoms with Gasteiger partial charge in [0, 0.05) is 0 Å². The van der Waals surface area contributed by atoms with Gasteiger partial charge in [0.05, 0.1) is 18.8 Å². The molecule has 3 atom stereocenters. The highest BCUT2D eigenvalue weighted by Crippen LogP contribution is 2.30. The molecule has 2 rings (SSSR count). The van der Waals surface area contributed by atoms with E-state index in [-0.39, 0.29) is 18.3 Å². The number of hydrogen-bond donors (Lipinski definition) is 0. The lowest BCUT2D eigenvalue weighted by Gasteiger charge is -2.31. The van der Waals surface area contributed by atoms with Gasteiger partial charge in [-0.2, -0.15) is 0 Å². The van der Waals surface area contributed by atoms with Crippen molar-refractivity contribution in [1.82, 2.24) is 0 Å². The van der Waals surface area contributed by atoms with Gasteiger partial charge >= 0.3 is 0 Å². The molecule has 0 aromatic heterocycles. The van der Waals surface area contributed by atoms with E-state index in [1.165, 1.54) is 6.42 Å². The zero-order valence-corrected chi connectivity index (χ0v) is 9.57. The van der Waals surface area contributed by atoms with Gasteiger partial charge in [0.2, 0.25) is 0 Å². The highest BCUT2D eigenvalue weighted by Gasteiger charge is 2.39. The van der Waals surface area contributed by atoms with E-state index in [0.29, 0.717) is 6.61 Å². The van der Waals surface area contributed by atoms with Crippen molar-refractivity contribution in [2.45, 2.75) is 57.2 Å². The van der Waals surface area contributed by atoms with E-state index in [1.807, 2.05) is 19.9 Å². The SMILES string of the molecule is C=C[C@H]1CCC[C@@H]([C@H]2COC(C)(C)O2)O1. The zero-order chi connectivity index (χ0) is 10.9. The first-order chi connectivity index (χ1) is 7.11. The van der Waals surface area contributed by atoms with Crippen molar-refractivity contribution in [2.75, 3.05) is 6.61 Å². The second kappa shape index (κ2) is 4.24. The van der Waals surface area contributed by atoms with Crippen LogP contribution in [0.3, 0.4) is 0 Å². The minimum Gasteiger partial charge on any atom is -0.368 e. The van der Waals surface area contributed by atoms with E-state index < -0.39 is 5.79 Å². The molecule has 15 heavy (non-hydrogen) atoms. The third kappa shape index (κ3) is 2.60. The second-order valence-corrected chi connectivity index (χ2v) is 4.75. The van der Waals surface area contributed by atoms with Crippen LogP contribution in [0.1, 0.15) is 33.1 Å². The first-order valence-electron chi connectivity index (χ1n) is 5.70. The summed E-state index contributed by atoms with van der Waals surface area (Å²) < 4.78 is 17.2. The summed E-state index contributed by atoms with van der Waals surface area (Å²) in [5.41, 5.74) is 0. The summed E-state index contributed by atoms with van der Waals surface area (Å²) in [6.07, 6.45) is 5.66. The van der Waals surface area contributed by atoms with Gasteiger partial charge in [0.1, 0.15) is 6.10 Å². The standard InChI is InChI=1S/C12H20O3/c1-4-9-6-5-7-10(14-9)11-8-13-12(2,3)15-11/h4,9-11H,1,5-8H2,2-3H3/t9-,10-,11+/m0/s1. The molecular weight excluding hydrogens is 192 g/mol. The lowest BCUT2D eigenvalue weighted by atomic mass is 10.0. The van der Waals surface area contributed by atoms with Crippen LogP contribution in [-0.4, -0.2) is 30.7 Å². The molecule has 2 aliphatic heterocycles. The van der Waals surface area contributed by atoms with Gasteiger partial charge in [-0.15, -0.1) is 6.58 Å². The summed E-state index contributed by atoms with van der Waals surface area (Å²) in [6, 6.07) is 0. The zero-order valence-electron chi connectivity index (χ0n) is 9.57. The average molecular weight is 212 g/mol. The minimum absolute atomic E-state index is 0.0859. The highest BCUT2D eigenvalue weighted by atomic mass is 16.7. The fraction of sp³-hybridized carbons (Fsp3) is 0.833. The van der Waals surface area contributed by atoms with Crippen LogP contribution in [-0.2, 0) is 14.2 Å². The number of rotatable bonds is 2. The molecule has 0 aromatic rings. The third-order valence-electron chi connectivity index (χ3n) is 3.03. The fourth-order valence-corrected chi connectivity index (χ4v) is 2.23. The molecular formula is C12H20O3. The molecule has 0 saturated carbocycles. The molecule has 86 valence electrons. The van der Waals surface area contributed by atoms with Crippen LogP contribution in [0.4, 0.5) is 0 Å². The van der Waals surface area contributed by atoms with E-state index in [4.69, 9.17) is 14.2 Å². The van der Waals surface area contributed by atoms with E-state index >= 15 is 0 Å². The van der Waals surface area contributed by atoms with Crippen molar-refractivity contribution >= 4 is 0 Å². The van der Waals surface area contributed by atoms with Crippen LogP contribution in [0, 0.1) is 0 Å². The molecule has 3 heteroatoms. The summed E-state index contributed by atoms with van der Waals surface area (Å²) >= 11 is 0. The van der Waals surface area contributed by atoms with Crippen molar-refractivity contribution in [3.8, 4) is 0 Å². The maximum absolute atomic E-state index is 5.89. The fourth-order valence-electron chi connectivity index (χ4n) is 2.23.